The highest BCUT2D eigenvalue weighted by molar-refractivity contribution is 7.80. The number of methoxy groups -OCH3 is 1. The molecular formula is C26H24ClN3O4S. The van der Waals surface area contributed by atoms with E-state index in [2.05, 4.69) is 15.6 Å². The van der Waals surface area contributed by atoms with Crippen molar-refractivity contribution >= 4 is 51.6 Å². The third-order valence-corrected chi connectivity index (χ3v) is 5.92. The lowest BCUT2D eigenvalue weighted by molar-refractivity contribution is 0.0977. The van der Waals surface area contributed by atoms with Crippen molar-refractivity contribution < 1.29 is 18.7 Å². The number of nitrogens with zero attached hydrogens (tertiary/aromatic N) is 1. The number of ether oxygens (including phenoxy) is 2. The van der Waals surface area contributed by atoms with Gasteiger partial charge in [-0.1, -0.05) is 11.6 Å². The lowest BCUT2D eigenvalue weighted by atomic mass is 10.1. The molecule has 0 radical (unpaired) electrons. The Balaban J connectivity index is 1.54. The summed E-state index contributed by atoms with van der Waals surface area (Å²) < 4.78 is 16.8. The number of thiocarbonyl (C=S) groups is 1. The van der Waals surface area contributed by atoms with Crippen LogP contribution in [-0.2, 0) is 0 Å². The monoisotopic (exact) mass is 509 g/mol. The minimum Gasteiger partial charge on any atom is -0.495 e. The number of amides is 1. The van der Waals surface area contributed by atoms with Gasteiger partial charge in [0.25, 0.3) is 5.91 Å². The predicted molar refractivity (Wildman–Crippen MR) is 142 cm³/mol. The normalized spacial score (nSPS) is 10.8. The van der Waals surface area contributed by atoms with Gasteiger partial charge in [0.2, 0.25) is 5.89 Å². The number of carbonyl (C=O) groups is 1. The van der Waals surface area contributed by atoms with E-state index in [1.54, 1.807) is 31.4 Å². The number of aromatic nitrogens is 1. The molecule has 0 spiro atoms. The Kier molecular flexibility index (Phi) is 7.23. The molecule has 35 heavy (non-hydrogen) atoms. The summed E-state index contributed by atoms with van der Waals surface area (Å²) in [7, 11) is 1.55. The van der Waals surface area contributed by atoms with Gasteiger partial charge < -0.3 is 19.2 Å². The molecule has 1 amide bonds. The highest BCUT2D eigenvalue weighted by Crippen LogP contribution is 2.32. The fraction of sp³-hybridized carbons (Fsp3) is 0.192. The molecule has 0 saturated heterocycles. The van der Waals surface area contributed by atoms with Gasteiger partial charge in [-0.25, -0.2) is 4.98 Å². The number of benzene rings is 3. The number of hydrogen-bond acceptors (Lipinski definition) is 6. The largest absolute Gasteiger partial charge is 0.495 e. The van der Waals surface area contributed by atoms with Gasteiger partial charge in [-0.15, -0.1) is 0 Å². The molecule has 4 aromatic rings. The molecule has 0 saturated carbocycles. The third-order valence-electron chi connectivity index (χ3n) is 5.42. The van der Waals surface area contributed by atoms with Gasteiger partial charge in [0.15, 0.2) is 10.7 Å². The molecule has 0 bridgehead atoms. The Bertz CT molecular complexity index is 1390. The summed E-state index contributed by atoms with van der Waals surface area (Å²) in [6.45, 7) is 6.40. The van der Waals surface area contributed by atoms with Crippen LogP contribution in [0.4, 0.5) is 5.69 Å². The van der Waals surface area contributed by atoms with Crippen molar-refractivity contribution in [1.29, 1.82) is 0 Å². The first kappa shape index (κ1) is 24.5. The zero-order chi connectivity index (χ0) is 25.1. The Hall–Kier alpha value is -3.62. The summed E-state index contributed by atoms with van der Waals surface area (Å²) in [5.74, 6) is 1.11. The lowest BCUT2D eigenvalue weighted by Gasteiger charge is -2.14. The molecule has 0 unspecified atom stereocenters. The van der Waals surface area contributed by atoms with E-state index in [9.17, 15) is 4.79 Å². The van der Waals surface area contributed by atoms with Crippen LogP contribution >= 0.6 is 23.8 Å². The first-order chi connectivity index (χ1) is 16.8. The van der Waals surface area contributed by atoms with Crippen LogP contribution in [0.5, 0.6) is 11.5 Å². The Labute approximate surface area is 213 Å². The molecule has 180 valence electrons. The Morgan fingerprint density at radius 1 is 1.09 bits per heavy atom. The van der Waals surface area contributed by atoms with Crippen molar-refractivity contribution in [3.8, 4) is 23.0 Å². The molecule has 1 heterocycles. The maximum atomic E-state index is 12.7. The van der Waals surface area contributed by atoms with Crippen LogP contribution in [-0.4, -0.2) is 29.7 Å². The number of aryl methyl sites for hydroxylation is 2. The minimum absolute atomic E-state index is 0.0965. The Morgan fingerprint density at radius 3 is 2.54 bits per heavy atom. The summed E-state index contributed by atoms with van der Waals surface area (Å²) in [5.41, 5.74) is 5.40. The smallest absolute Gasteiger partial charge is 0.257 e. The number of hydrogen-bond donors (Lipinski definition) is 2. The van der Waals surface area contributed by atoms with Crippen LogP contribution in [0.3, 0.4) is 0 Å². The van der Waals surface area contributed by atoms with Crippen LogP contribution in [0.1, 0.15) is 28.4 Å². The first-order valence-corrected chi connectivity index (χ1v) is 11.7. The van der Waals surface area contributed by atoms with E-state index in [-0.39, 0.29) is 5.11 Å². The van der Waals surface area contributed by atoms with E-state index in [1.807, 2.05) is 39.0 Å². The lowest BCUT2D eigenvalue weighted by Crippen LogP contribution is -2.34. The SMILES string of the molecule is CCOc1ccc(C(=O)NC(=S)Nc2cc(-c3nc4cc(C)c(C)cc4o3)ccc2OC)cc1Cl. The van der Waals surface area contributed by atoms with E-state index in [0.717, 1.165) is 22.2 Å². The van der Waals surface area contributed by atoms with E-state index in [1.165, 1.54) is 6.07 Å². The quantitative estimate of drug-likeness (QED) is 0.295. The molecular weight excluding hydrogens is 486 g/mol. The van der Waals surface area contributed by atoms with Crippen molar-refractivity contribution in [2.24, 2.45) is 0 Å². The molecule has 0 aliphatic carbocycles. The fourth-order valence-electron chi connectivity index (χ4n) is 3.49. The first-order valence-electron chi connectivity index (χ1n) is 10.9. The zero-order valence-corrected chi connectivity index (χ0v) is 21.3. The van der Waals surface area contributed by atoms with Crippen molar-refractivity contribution in [3.63, 3.8) is 0 Å². The highest BCUT2D eigenvalue weighted by Gasteiger charge is 2.15. The predicted octanol–water partition coefficient (Wildman–Crippen LogP) is 6.30. The second kappa shape index (κ2) is 10.3. The number of carbonyl (C=O) groups excluding carboxylic acids is 1. The maximum absolute atomic E-state index is 12.7. The number of halogens is 1. The standard InChI is InChI=1S/C26H24ClN3O4S/c1-5-33-21-8-6-16(12-18(21)27)24(31)30-26(35)29-20-13-17(7-9-22(20)32-4)25-28-19-10-14(2)15(3)11-23(19)34-25/h6-13H,5H2,1-4H3,(H2,29,30,31,35). The van der Waals surface area contributed by atoms with Gasteiger partial charge in [0.05, 0.1) is 24.4 Å². The molecule has 3 aromatic carbocycles. The fourth-order valence-corrected chi connectivity index (χ4v) is 3.92. The van der Waals surface area contributed by atoms with E-state index >= 15 is 0 Å². The molecule has 0 aliphatic rings. The van der Waals surface area contributed by atoms with Gasteiger partial charge in [-0.3, -0.25) is 10.1 Å². The molecule has 1 aromatic heterocycles. The topological polar surface area (TPSA) is 85.6 Å². The number of rotatable bonds is 6. The average molecular weight is 510 g/mol. The van der Waals surface area contributed by atoms with Gasteiger partial charge in [0, 0.05) is 11.1 Å². The molecule has 9 heteroatoms. The van der Waals surface area contributed by atoms with Crippen molar-refractivity contribution in [2.45, 2.75) is 20.8 Å². The summed E-state index contributed by atoms with van der Waals surface area (Å²) in [6.07, 6.45) is 0. The molecule has 4 rings (SSSR count). The number of fused-ring (bicyclic) bond motifs is 1. The van der Waals surface area contributed by atoms with E-state index in [0.29, 0.717) is 45.9 Å². The summed E-state index contributed by atoms with van der Waals surface area (Å²) in [5, 5.41) is 6.11. The van der Waals surface area contributed by atoms with Gasteiger partial charge in [-0.05, 0) is 92.6 Å². The van der Waals surface area contributed by atoms with E-state index < -0.39 is 5.91 Å². The van der Waals surface area contributed by atoms with Gasteiger partial charge >= 0.3 is 0 Å². The van der Waals surface area contributed by atoms with Crippen LogP contribution in [0.15, 0.2) is 52.9 Å². The average Bonchev–Trinajstić information content (AvgIpc) is 3.23. The molecule has 0 fully saturated rings. The molecule has 7 nitrogen and oxygen atoms in total. The van der Waals surface area contributed by atoms with Crippen molar-refractivity contribution in [2.75, 3.05) is 19.0 Å². The number of oxazole rings is 1. The summed E-state index contributed by atoms with van der Waals surface area (Å²) in [6, 6.07) is 14.2. The van der Waals surface area contributed by atoms with Crippen molar-refractivity contribution in [1.82, 2.24) is 10.3 Å². The second-order valence-corrected chi connectivity index (χ2v) is 8.64. The zero-order valence-electron chi connectivity index (χ0n) is 19.7. The minimum atomic E-state index is -0.410. The number of anilines is 1. The molecule has 2 N–H and O–H groups in total. The van der Waals surface area contributed by atoms with E-state index in [4.69, 9.17) is 37.7 Å². The summed E-state index contributed by atoms with van der Waals surface area (Å²) in [4.78, 5) is 17.3. The van der Waals surface area contributed by atoms with Gasteiger partial charge in [-0.2, -0.15) is 0 Å². The highest BCUT2D eigenvalue weighted by atomic mass is 35.5. The van der Waals surface area contributed by atoms with Gasteiger partial charge in [0.1, 0.15) is 17.0 Å². The maximum Gasteiger partial charge on any atom is 0.257 e. The molecule has 0 atom stereocenters. The van der Waals surface area contributed by atoms with Crippen LogP contribution in [0.2, 0.25) is 5.02 Å². The van der Waals surface area contributed by atoms with Crippen LogP contribution in [0.25, 0.3) is 22.6 Å². The molecule has 0 aliphatic heterocycles. The second-order valence-electron chi connectivity index (χ2n) is 7.82. The third kappa shape index (κ3) is 5.39. The summed E-state index contributed by atoms with van der Waals surface area (Å²) >= 11 is 11.6. The number of nitrogens with one attached hydrogen (secondary N) is 2. The van der Waals surface area contributed by atoms with Crippen molar-refractivity contribution in [3.05, 3.63) is 70.2 Å². The Morgan fingerprint density at radius 2 is 1.83 bits per heavy atom. The van der Waals surface area contributed by atoms with Crippen LogP contribution in [0, 0.1) is 13.8 Å². The van der Waals surface area contributed by atoms with Crippen LogP contribution < -0.4 is 20.1 Å².